The molecule has 0 unspecified atom stereocenters. The van der Waals surface area contributed by atoms with E-state index in [1.807, 2.05) is 30.3 Å². The van der Waals surface area contributed by atoms with Crippen LogP contribution in [0.25, 0.3) is 0 Å². The fourth-order valence-corrected chi connectivity index (χ4v) is 3.56. The summed E-state index contributed by atoms with van der Waals surface area (Å²) in [6.45, 7) is -0.134. The SMILES string of the molecule is O=C(Cn1c(=O)ccn(Cc2ccccc2)c1=O)Nc1ccc(Oc2ncc(Cl)cc2Cl)cc1. The zero-order valence-corrected chi connectivity index (χ0v) is 19.2. The number of carbonyl (C=O) groups excluding carboxylic acids is 1. The average molecular weight is 497 g/mol. The van der Waals surface area contributed by atoms with E-state index in [0.717, 1.165) is 10.1 Å². The Bertz CT molecular complexity index is 1430. The van der Waals surface area contributed by atoms with Gasteiger partial charge in [0.15, 0.2) is 0 Å². The summed E-state index contributed by atoms with van der Waals surface area (Å²) in [6, 6.07) is 18.6. The van der Waals surface area contributed by atoms with Crippen LogP contribution in [0.2, 0.25) is 10.0 Å². The Kier molecular flexibility index (Phi) is 7.10. The lowest BCUT2D eigenvalue weighted by Gasteiger charge is -2.11. The predicted molar refractivity (Wildman–Crippen MR) is 130 cm³/mol. The molecule has 8 nitrogen and oxygen atoms in total. The summed E-state index contributed by atoms with van der Waals surface area (Å²) in [7, 11) is 0. The second kappa shape index (κ2) is 10.4. The number of rotatable bonds is 7. The third kappa shape index (κ3) is 5.72. The number of nitrogens with one attached hydrogen (secondary N) is 1. The van der Waals surface area contributed by atoms with Crippen LogP contribution >= 0.6 is 23.2 Å². The lowest BCUT2D eigenvalue weighted by Crippen LogP contribution is -2.41. The Labute approximate surface area is 204 Å². The summed E-state index contributed by atoms with van der Waals surface area (Å²) in [5.74, 6) is 0.114. The Morgan fingerprint density at radius 1 is 1.00 bits per heavy atom. The molecule has 2 heterocycles. The quantitative estimate of drug-likeness (QED) is 0.413. The minimum atomic E-state index is -0.567. The van der Waals surface area contributed by atoms with Crippen molar-refractivity contribution in [1.82, 2.24) is 14.1 Å². The number of aromatic nitrogens is 3. The summed E-state index contributed by atoms with van der Waals surface area (Å²) in [6.07, 6.45) is 2.84. The number of halogens is 2. The molecule has 4 aromatic rings. The second-order valence-corrected chi connectivity index (χ2v) is 8.09. The number of ether oxygens (including phenoxy) is 1. The van der Waals surface area contributed by atoms with Gasteiger partial charge in [-0.3, -0.25) is 18.7 Å². The molecule has 0 aliphatic rings. The van der Waals surface area contributed by atoms with Crippen LogP contribution in [-0.2, 0) is 17.9 Å². The molecule has 0 saturated carbocycles. The van der Waals surface area contributed by atoms with Gasteiger partial charge >= 0.3 is 5.69 Å². The molecule has 0 bridgehead atoms. The topological polar surface area (TPSA) is 95.2 Å². The highest BCUT2D eigenvalue weighted by molar-refractivity contribution is 6.35. The number of pyridine rings is 1. The van der Waals surface area contributed by atoms with Gasteiger partial charge in [-0.05, 0) is 35.9 Å². The van der Waals surface area contributed by atoms with Gasteiger partial charge in [0.2, 0.25) is 11.8 Å². The molecule has 0 radical (unpaired) electrons. The predicted octanol–water partition coefficient (Wildman–Crippen LogP) is 4.19. The number of hydrogen-bond donors (Lipinski definition) is 1. The van der Waals surface area contributed by atoms with Crippen molar-refractivity contribution in [2.24, 2.45) is 0 Å². The summed E-state index contributed by atoms with van der Waals surface area (Å²) in [5, 5.41) is 3.31. The van der Waals surface area contributed by atoms with Crippen LogP contribution in [0.1, 0.15) is 5.56 Å². The zero-order chi connectivity index (χ0) is 24.1. The normalized spacial score (nSPS) is 10.6. The first-order valence-electron chi connectivity index (χ1n) is 10.1. The van der Waals surface area contributed by atoms with Crippen molar-refractivity contribution >= 4 is 34.8 Å². The van der Waals surface area contributed by atoms with E-state index in [1.165, 1.54) is 29.1 Å². The van der Waals surface area contributed by atoms with Crippen LogP contribution < -0.4 is 21.3 Å². The molecule has 0 aliphatic carbocycles. The third-order valence-electron chi connectivity index (χ3n) is 4.76. The van der Waals surface area contributed by atoms with Crippen LogP contribution in [0.4, 0.5) is 5.69 Å². The first kappa shape index (κ1) is 23.3. The van der Waals surface area contributed by atoms with E-state index >= 15 is 0 Å². The highest BCUT2D eigenvalue weighted by atomic mass is 35.5. The number of benzene rings is 2. The summed E-state index contributed by atoms with van der Waals surface area (Å²) in [5.41, 5.74) is 0.237. The molecule has 0 spiro atoms. The fraction of sp³-hybridized carbons (Fsp3) is 0.0833. The first-order valence-corrected chi connectivity index (χ1v) is 10.9. The minimum Gasteiger partial charge on any atom is -0.438 e. The van der Waals surface area contributed by atoms with Crippen LogP contribution in [0.3, 0.4) is 0 Å². The highest BCUT2D eigenvalue weighted by Gasteiger charge is 2.11. The summed E-state index contributed by atoms with van der Waals surface area (Å²) >= 11 is 11.9. The van der Waals surface area contributed by atoms with Crippen molar-refractivity contribution in [1.29, 1.82) is 0 Å². The van der Waals surface area contributed by atoms with E-state index in [9.17, 15) is 14.4 Å². The zero-order valence-electron chi connectivity index (χ0n) is 17.7. The largest absolute Gasteiger partial charge is 0.438 e. The molecular formula is C24H18Cl2N4O4. The molecule has 10 heteroatoms. The molecule has 4 rings (SSSR count). The van der Waals surface area contributed by atoms with Gasteiger partial charge in [-0.1, -0.05) is 53.5 Å². The average Bonchev–Trinajstić information content (AvgIpc) is 2.82. The molecule has 0 fully saturated rings. The van der Waals surface area contributed by atoms with Gasteiger partial charge in [0, 0.05) is 24.1 Å². The Morgan fingerprint density at radius 3 is 2.44 bits per heavy atom. The van der Waals surface area contributed by atoms with Crippen molar-refractivity contribution in [3.63, 3.8) is 0 Å². The molecule has 1 amide bonds. The van der Waals surface area contributed by atoms with E-state index in [2.05, 4.69) is 10.3 Å². The number of hydrogen-bond acceptors (Lipinski definition) is 5. The number of amides is 1. The van der Waals surface area contributed by atoms with Crippen LogP contribution in [-0.4, -0.2) is 20.0 Å². The third-order valence-corrected chi connectivity index (χ3v) is 5.24. The lowest BCUT2D eigenvalue weighted by atomic mass is 10.2. The maximum absolute atomic E-state index is 12.8. The fourth-order valence-electron chi connectivity index (χ4n) is 3.14. The van der Waals surface area contributed by atoms with Gasteiger partial charge in [-0.25, -0.2) is 9.78 Å². The van der Waals surface area contributed by atoms with Gasteiger partial charge < -0.3 is 10.1 Å². The van der Waals surface area contributed by atoms with Gasteiger partial charge in [-0.2, -0.15) is 0 Å². The molecule has 1 N–H and O–H groups in total. The first-order chi connectivity index (χ1) is 16.4. The Morgan fingerprint density at radius 2 is 1.74 bits per heavy atom. The van der Waals surface area contributed by atoms with Gasteiger partial charge in [-0.15, -0.1) is 0 Å². The maximum Gasteiger partial charge on any atom is 0.331 e. The monoisotopic (exact) mass is 496 g/mol. The molecule has 0 saturated heterocycles. The van der Waals surface area contributed by atoms with Crippen LogP contribution in [0.15, 0.2) is 88.7 Å². The molecule has 34 heavy (non-hydrogen) atoms. The maximum atomic E-state index is 12.8. The van der Waals surface area contributed by atoms with E-state index in [0.29, 0.717) is 16.5 Å². The van der Waals surface area contributed by atoms with Gasteiger partial charge in [0.1, 0.15) is 17.3 Å². The van der Waals surface area contributed by atoms with Crippen LogP contribution in [0, 0.1) is 0 Å². The highest BCUT2D eigenvalue weighted by Crippen LogP contribution is 2.29. The molecule has 0 atom stereocenters. The standard InChI is InChI=1S/C24H18Cl2N4O4/c25-17-12-20(26)23(27-13-17)34-19-8-6-18(7-9-19)28-21(31)15-30-22(32)10-11-29(24(30)33)14-16-4-2-1-3-5-16/h1-13H,14-15H2,(H,28,31). The minimum absolute atomic E-state index is 0.193. The van der Waals surface area contributed by atoms with Crippen LogP contribution in [0.5, 0.6) is 11.6 Å². The molecular weight excluding hydrogens is 479 g/mol. The Hall–Kier alpha value is -3.88. The van der Waals surface area contributed by atoms with E-state index in [-0.39, 0.29) is 17.4 Å². The molecule has 2 aromatic heterocycles. The van der Waals surface area contributed by atoms with E-state index < -0.39 is 23.7 Å². The van der Waals surface area contributed by atoms with Crippen molar-refractivity contribution in [3.05, 3.63) is 116 Å². The molecule has 0 aliphatic heterocycles. The van der Waals surface area contributed by atoms with Crippen molar-refractivity contribution in [3.8, 4) is 11.6 Å². The van der Waals surface area contributed by atoms with Crippen molar-refractivity contribution in [2.75, 3.05) is 5.32 Å². The van der Waals surface area contributed by atoms with Crippen molar-refractivity contribution < 1.29 is 9.53 Å². The summed E-state index contributed by atoms with van der Waals surface area (Å²) in [4.78, 5) is 41.5. The molecule has 172 valence electrons. The summed E-state index contributed by atoms with van der Waals surface area (Å²) < 4.78 is 7.88. The number of carbonyl (C=O) groups is 1. The van der Waals surface area contributed by atoms with Gasteiger partial charge in [0.05, 0.1) is 11.6 Å². The van der Waals surface area contributed by atoms with E-state index in [1.54, 1.807) is 24.3 Å². The smallest absolute Gasteiger partial charge is 0.331 e. The second-order valence-electron chi connectivity index (χ2n) is 7.25. The van der Waals surface area contributed by atoms with Gasteiger partial charge in [0.25, 0.3) is 5.56 Å². The van der Waals surface area contributed by atoms with Crippen molar-refractivity contribution in [2.45, 2.75) is 13.1 Å². The Balaban J connectivity index is 1.43. The van der Waals surface area contributed by atoms with E-state index in [4.69, 9.17) is 27.9 Å². The lowest BCUT2D eigenvalue weighted by molar-refractivity contribution is -0.116. The number of nitrogens with zero attached hydrogens (tertiary/aromatic N) is 3. The molecule has 2 aromatic carbocycles. The number of anilines is 1.